The number of pyridine rings is 1. The van der Waals surface area contributed by atoms with E-state index in [9.17, 15) is 10.1 Å². The number of hydrogen-bond acceptors (Lipinski definition) is 4. The van der Waals surface area contributed by atoms with Crippen LogP contribution in [0.2, 0.25) is 0 Å². The molecule has 0 amide bonds. The monoisotopic (exact) mass is 219 g/mol. The average molecular weight is 219 g/mol. The minimum absolute atomic E-state index is 0.0393. The summed E-state index contributed by atoms with van der Waals surface area (Å²) >= 11 is 0. The van der Waals surface area contributed by atoms with Crippen molar-refractivity contribution in [3.05, 3.63) is 50.7 Å². The van der Waals surface area contributed by atoms with E-state index in [2.05, 4.69) is 15.0 Å². The molecule has 0 N–H and O–H groups in total. The Morgan fingerprint density at radius 1 is 1.69 bits per heavy atom. The van der Waals surface area contributed by atoms with Crippen molar-refractivity contribution in [2.75, 3.05) is 6.54 Å². The van der Waals surface area contributed by atoms with Crippen LogP contribution in [-0.2, 0) is 0 Å². The summed E-state index contributed by atoms with van der Waals surface area (Å²) in [6.07, 6.45) is 5.24. The van der Waals surface area contributed by atoms with Gasteiger partial charge in [0.2, 0.25) is 0 Å². The molecule has 1 aromatic heterocycles. The summed E-state index contributed by atoms with van der Waals surface area (Å²) in [7, 11) is 0. The van der Waals surface area contributed by atoms with Gasteiger partial charge in [-0.25, -0.2) is 4.98 Å². The predicted molar refractivity (Wildman–Crippen MR) is 58.6 cm³/mol. The Kier molecular flexibility index (Phi) is 4.49. The first-order valence-corrected chi connectivity index (χ1v) is 4.52. The van der Waals surface area contributed by atoms with E-state index in [0.717, 1.165) is 0 Å². The van der Waals surface area contributed by atoms with Gasteiger partial charge in [-0.1, -0.05) is 11.2 Å². The van der Waals surface area contributed by atoms with Gasteiger partial charge in [-0.05, 0) is 24.1 Å². The summed E-state index contributed by atoms with van der Waals surface area (Å²) in [4.78, 5) is 16.6. The van der Waals surface area contributed by atoms with E-state index in [1.54, 1.807) is 12.2 Å². The van der Waals surface area contributed by atoms with Crippen LogP contribution in [0.15, 0.2) is 29.5 Å². The lowest BCUT2D eigenvalue weighted by molar-refractivity contribution is -0.385. The lowest BCUT2D eigenvalue weighted by atomic mass is 10.2. The highest BCUT2D eigenvalue weighted by Crippen LogP contribution is 2.16. The van der Waals surface area contributed by atoms with Crippen LogP contribution in [0, 0.1) is 10.1 Å². The lowest BCUT2D eigenvalue weighted by Crippen LogP contribution is -1.93. The fraction of sp³-hybridized carbons (Fsp3) is 0.222. The summed E-state index contributed by atoms with van der Waals surface area (Å²) < 4.78 is 0. The van der Waals surface area contributed by atoms with Gasteiger partial charge >= 0.3 is 0 Å². The van der Waals surface area contributed by atoms with Gasteiger partial charge < -0.3 is 0 Å². The van der Waals surface area contributed by atoms with Crippen molar-refractivity contribution in [1.29, 1.82) is 0 Å². The van der Waals surface area contributed by atoms with Crippen LogP contribution in [-0.4, -0.2) is 16.5 Å². The van der Waals surface area contributed by atoms with E-state index in [1.807, 2.05) is 0 Å². The first-order valence-electron chi connectivity index (χ1n) is 4.52. The molecule has 0 aliphatic carbocycles. The molecule has 0 aromatic carbocycles. The molecule has 0 aliphatic rings. The standard InChI is InChI=1S/C9H9N5O2/c10-13-12-7-2-1-4-8-9(14(15)16)5-3-6-11-8/h1,3-6H,2,7H2. The summed E-state index contributed by atoms with van der Waals surface area (Å²) in [5.74, 6) is 0. The van der Waals surface area contributed by atoms with Crippen molar-refractivity contribution in [3.8, 4) is 0 Å². The maximum Gasteiger partial charge on any atom is 0.294 e. The van der Waals surface area contributed by atoms with Crippen LogP contribution in [0.3, 0.4) is 0 Å². The van der Waals surface area contributed by atoms with Crippen LogP contribution in [0.25, 0.3) is 16.5 Å². The van der Waals surface area contributed by atoms with E-state index in [4.69, 9.17) is 5.53 Å². The fourth-order valence-corrected chi connectivity index (χ4v) is 1.06. The molecule has 0 saturated heterocycles. The molecule has 1 heterocycles. The number of hydrogen-bond donors (Lipinski definition) is 0. The molecule has 16 heavy (non-hydrogen) atoms. The van der Waals surface area contributed by atoms with Gasteiger partial charge in [-0.15, -0.1) is 0 Å². The normalized spacial score (nSPS) is 10.0. The minimum atomic E-state index is -0.486. The Labute approximate surface area is 91.2 Å². The smallest absolute Gasteiger partial charge is 0.258 e. The first kappa shape index (κ1) is 11.7. The largest absolute Gasteiger partial charge is 0.294 e. The number of rotatable bonds is 5. The topological polar surface area (TPSA) is 105 Å². The molecule has 1 rings (SSSR count). The Morgan fingerprint density at radius 3 is 3.19 bits per heavy atom. The number of nitro groups is 1. The number of nitrogens with zero attached hydrogens (tertiary/aromatic N) is 5. The van der Waals surface area contributed by atoms with E-state index < -0.39 is 4.92 Å². The third-order valence-corrected chi connectivity index (χ3v) is 1.75. The fourth-order valence-electron chi connectivity index (χ4n) is 1.06. The molecule has 0 saturated carbocycles. The number of aromatic nitrogens is 1. The zero-order chi connectivity index (χ0) is 11.8. The van der Waals surface area contributed by atoms with Gasteiger partial charge in [-0.3, -0.25) is 10.1 Å². The molecule has 7 nitrogen and oxygen atoms in total. The van der Waals surface area contributed by atoms with Crippen LogP contribution in [0.1, 0.15) is 12.1 Å². The van der Waals surface area contributed by atoms with Gasteiger partial charge in [0.05, 0.1) is 4.92 Å². The second-order valence-corrected chi connectivity index (χ2v) is 2.81. The molecular formula is C9H9N5O2. The molecule has 0 radical (unpaired) electrons. The molecular weight excluding hydrogens is 210 g/mol. The lowest BCUT2D eigenvalue weighted by Gasteiger charge is -1.94. The van der Waals surface area contributed by atoms with Crippen molar-refractivity contribution >= 4 is 11.8 Å². The third-order valence-electron chi connectivity index (χ3n) is 1.75. The van der Waals surface area contributed by atoms with E-state index in [1.165, 1.54) is 18.3 Å². The van der Waals surface area contributed by atoms with E-state index in [-0.39, 0.29) is 5.69 Å². The van der Waals surface area contributed by atoms with Gasteiger partial charge in [0.1, 0.15) is 5.69 Å². The summed E-state index contributed by atoms with van der Waals surface area (Å²) in [6.45, 7) is 0.327. The highest BCUT2D eigenvalue weighted by molar-refractivity contribution is 5.56. The zero-order valence-electron chi connectivity index (χ0n) is 8.35. The van der Waals surface area contributed by atoms with Crippen LogP contribution < -0.4 is 0 Å². The highest BCUT2D eigenvalue weighted by atomic mass is 16.6. The Balaban J connectivity index is 2.72. The van der Waals surface area contributed by atoms with Gasteiger partial charge in [0.25, 0.3) is 5.69 Å². The average Bonchev–Trinajstić information content (AvgIpc) is 2.29. The minimum Gasteiger partial charge on any atom is -0.258 e. The molecule has 0 spiro atoms. The second kappa shape index (κ2) is 6.15. The van der Waals surface area contributed by atoms with E-state index in [0.29, 0.717) is 18.7 Å². The zero-order valence-corrected chi connectivity index (χ0v) is 8.35. The van der Waals surface area contributed by atoms with E-state index >= 15 is 0 Å². The van der Waals surface area contributed by atoms with Crippen molar-refractivity contribution in [3.63, 3.8) is 0 Å². The Morgan fingerprint density at radius 2 is 2.50 bits per heavy atom. The van der Waals surface area contributed by atoms with Crippen molar-refractivity contribution in [2.45, 2.75) is 6.42 Å². The van der Waals surface area contributed by atoms with Gasteiger partial charge in [0, 0.05) is 23.7 Å². The van der Waals surface area contributed by atoms with Crippen molar-refractivity contribution < 1.29 is 4.92 Å². The molecule has 7 heteroatoms. The summed E-state index contributed by atoms with van der Waals surface area (Å²) in [5.41, 5.74) is 8.29. The Bertz CT molecular complexity index is 451. The van der Waals surface area contributed by atoms with Crippen LogP contribution >= 0.6 is 0 Å². The molecule has 0 bridgehead atoms. The number of azide groups is 1. The maximum absolute atomic E-state index is 10.6. The Hall–Kier alpha value is -2.40. The molecule has 0 atom stereocenters. The molecule has 0 unspecified atom stereocenters. The predicted octanol–water partition coefficient (Wildman–Crippen LogP) is 2.70. The first-order chi connectivity index (χ1) is 7.75. The SMILES string of the molecule is [N-]=[N+]=NCCC=Cc1ncccc1[N+](=O)[O-]. The highest BCUT2D eigenvalue weighted by Gasteiger charge is 2.10. The van der Waals surface area contributed by atoms with Crippen LogP contribution in [0.5, 0.6) is 0 Å². The second-order valence-electron chi connectivity index (χ2n) is 2.81. The molecule has 0 fully saturated rings. The summed E-state index contributed by atoms with van der Waals surface area (Å²) in [6, 6.07) is 2.90. The molecule has 1 aromatic rings. The summed E-state index contributed by atoms with van der Waals surface area (Å²) in [5, 5.41) is 14.0. The quantitative estimate of drug-likeness (QED) is 0.190. The van der Waals surface area contributed by atoms with Gasteiger partial charge in [0.15, 0.2) is 0 Å². The molecule has 82 valence electrons. The molecule has 0 aliphatic heterocycles. The van der Waals surface area contributed by atoms with Crippen molar-refractivity contribution in [1.82, 2.24) is 4.98 Å². The van der Waals surface area contributed by atoms with Crippen molar-refractivity contribution in [2.24, 2.45) is 5.11 Å². The van der Waals surface area contributed by atoms with Gasteiger partial charge in [-0.2, -0.15) is 0 Å². The maximum atomic E-state index is 10.6. The van der Waals surface area contributed by atoms with Crippen LogP contribution in [0.4, 0.5) is 5.69 Å². The third kappa shape index (κ3) is 3.39.